The summed E-state index contributed by atoms with van der Waals surface area (Å²) in [5.74, 6) is -0.421. The van der Waals surface area contributed by atoms with E-state index in [0.29, 0.717) is 18.5 Å². The molecular formula is C20H19FINO. The second-order valence-electron chi connectivity index (χ2n) is 5.52. The molecule has 2 aromatic carbocycles. The van der Waals surface area contributed by atoms with Crippen LogP contribution in [0.4, 0.5) is 4.39 Å². The molecule has 0 spiro atoms. The minimum absolute atomic E-state index is 0.00747. The molecule has 0 aliphatic heterocycles. The van der Waals surface area contributed by atoms with Crippen LogP contribution in [-0.4, -0.2) is 17.0 Å². The van der Waals surface area contributed by atoms with Crippen molar-refractivity contribution in [3.05, 3.63) is 69.3 Å². The molecular weight excluding hydrogens is 416 g/mol. The third-order valence-electron chi connectivity index (χ3n) is 3.93. The van der Waals surface area contributed by atoms with Crippen molar-refractivity contribution < 1.29 is 14.7 Å². The smallest absolute Gasteiger partial charge is 0.196 e. The Morgan fingerprint density at radius 3 is 2.75 bits per heavy atom. The monoisotopic (exact) mass is 439 g/mol. The van der Waals surface area contributed by atoms with Crippen molar-refractivity contribution in [3.63, 3.8) is 0 Å². The van der Waals surface area contributed by atoms with Crippen LogP contribution in [0.15, 0.2) is 54.6 Å². The van der Waals surface area contributed by atoms with Crippen LogP contribution in [0.1, 0.15) is 40.7 Å². The fraction of sp³-hybridized carbons (Fsp3) is 0.250. The SMILES string of the molecule is [2H]c1c([2H])c([2H])c(C(=O)c2cn(CCCCCF)c3ccccc23)c(I)c1[2H]. The van der Waals surface area contributed by atoms with E-state index in [9.17, 15) is 9.18 Å². The number of carbonyl (C=O) groups is 1. The van der Waals surface area contributed by atoms with Crippen LogP contribution in [0.25, 0.3) is 10.9 Å². The molecule has 0 unspecified atom stereocenters. The molecule has 0 aliphatic carbocycles. The third-order valence-corrected chi connectivity index (χ3v) is 4.74. The Morgan fingerprint density at radius 2 is 1.92 bits per heavy atom. The van der Waals surface area contributed by atoms with Gasteiger partial charge in [0, 0.05) is 38.3 Å². The van der Waals surface area contributed by atoms with Gasteiger partial charge in [0.1, 0.15) is 0 Å². The molecule has 0 atom stereocenters. The van der Waals surface area contributed by atoms with Crippen molar-refractivity contribution >= 4 is 39.3 Å². The molecule has 1 heterocycles. The van der Waals surface area contributed by atoms with Crippen molar-refractivity contribution in [2.24, 2.45) is 0 Å². The number of para-hydroxylation sites is 1. The number of fused-ring (bicyclic) bond motifs is 1. The highest BCUT2D eigenvalue weighted by atomic mass is 127. The van der Waals surface area contributed by atoms with Crippen molar-refractivity contribution in [2.45, 2.75) is 25.8 Å². The van der Waals surface area contributed by atoms with Gasteiger partial charge in [-0.1, -0.05) is 30.3 Å². The van der Waals surface area contributed by atoms with Crippen molar-refractivity contribution in [1.29, 1.82) is 0 Å². The van der Waals surface area contributed by atoms with Crippen molar-refractivity contribution in [3.8, 4) is 0 Å². The molecule has 3 rings (SSSR count). The normalized spacial score (nSPS) is 13.4. The number of unbranched alkanes of at least 4 members (excludes halogenated alkanes) is 2. The summed E-state index contributed by atoms with van der Waals surface area (Å²) in [5.41, 5.74) is 1.28. The standard InChI is InChI=1S/C20H19FINO/c21-12-6-1-7-13-23-14-17(15-8-3-5-11-19(15)23)20(24)16-9-2-4-10-18(16)22/h2-5,8-11,14H,1,6-7,12-13H2/i2D,4D,9D,10D. The minimum atomic E-state index is -0.421. The minimum Gasteiger partial charge on any atom is -0.347 e. The zero-order valence-electron chi connectivity index (χ0n) is 17.0. The molecule has 0 amide bonds. The number of rotatable bonds is 7. The number of carbonyl (C=O) groups excluding carboxylic acids is 1. The quantitative estimate of drug-likeness (QED) is 0.266. The summed E-state index contributed by atoms with van der Waals surface area (Å²) in [6.45, 7) is 0.315. The van der Waals surface area contributed by atoms with Crippen LogP contribution < -0.4 is 0 Å². The van der Waals surface area contributed by atoms with E-state index >= 15 is 0 Å². The van der Waals surface area contributed by atoms with Crippen LogP contribution >= 0.6 is 22.6 Å². The first-order valence-electron chi connectivity index (χ1n) is 9.82. The molecule has 0 aliphatic rings. The lowest BCUT2D eigenvalue weighted by atomic mass is 10.0. The average molecular weight is 439 g/mol. The number of alkyl halides is 1. The predicted molar refractivity (Wildman–Crippen MR) is 104 cm³/mol. The van der Waals surface area contributed by atoms with E-state index in [1.54, 1.807) is 28.8 Å². The molecule has 0 fully saturated rings. The Labute approximate surface area is 160 Å². The molecule has 0 saturated carbocycles. The number of aryl methyl sites for hydroxylation is 1. The fourth-order valence-electron chi connectivity index (χ4n) is 2.75. The van der Waals surface area contributed by atoms with Gasteiger partial charge in [0.05, 0.1) is 12.2 Å². The molecule has 0 N–H and O–H groups in total. The number of nitrogens with zero attached hydrogens (tertiary/aromatic N) is 1. The van der Waals surface area contributed by atoms with Crippen LogP contribution in [0.3, 0.4) is 0 Å². The van der Waals surface area contributed by atoms with Gasteiger partial charge in [0.2, 0.25) is 0 Å². The molecule has 0 radical (unpaired) electrons. The Hall–Kier alpha value is -1.69. The van der Waals surface area contributed by atoms with Crippen molar-refractivity contribution in [1.82, 2.24) is 4.57 Å². The Balaban J connectivity index is 2.09. The highest BCUT2D eigenvalue weighted by molar-refractivity contribution is 14.1. The molecule has 1 aromatic heterocycles. The lowest BCUT2D eigenvalue weighted by molar-refractivity contribution is 0.103. The van der Waals surface area contributed by atoms with E-state index in [-0.39, 0.29) is 33.9 Å². The Morgan fingerprint density at radius 1 is 1.12 bits per heavy atom. The molecule has 0 bridgehead atoms. The van der Waals surface area contributed by atoms with Crippen molar-refractivity contribution in [2.75, 3.05) is 6.67 Å². The lowest BCUT2D eigenvalue weighted by Gasteiger charge is -2.04. The van der Waals surface area contributed by atoms with Gasteiger partial charge in [-0.15, -0.1) is 0 Å². The van der Waals surface area contributed by atoms with Gasteiger partial charge in [0.25, 0.3) is 0 Å². The summed E-state index contributed by atoms with van der Waals surface area (Å²) < 4.78 is 46.3. The Bertz CT molecular complexity index is 1020. The number of hydrogen-bond acceptors (Lipinski definition) is 1. The van der Waals surface area contributed by atoms with E-state index < -0.39 is 11.8 Å². The van der Waals surface area contributed by atoms with E-state index in [1.807, 2.05) is 28.8 Å². The molecule has 124 valence electrons. The van der Waals surface area contributed by atoms with Crippen LogP contribution in [-0.2, 0) is 6.54 Å². The maximum atomic E-state index is 13.3. The summed E-state index contributed by atoms with van der Waals surface area (Å²) in [4.78, 5) is 13.3. The first-order valence-corrected chi connectivity index (χ1v) is 8.90. The Kier molecular flexibility index (Phi) is 4.17. The van der Waals surface area contributed by atoms with Crippen LogP contribution in [0.2, 0.25) is 0 Å². The maximum absolute atomic E-state index is 13.3. The molecule has 3 aromatic rings. The average Bonchev–Trinajstić information content (AvgIpc) is 3.07. The van der Waals surface area contributed by atoms with Gasteiger partial charge in [-0.3, -0.25) is 9.18 Å². The molecule has 24 heavy (non-hydrogen) atoms. The lowest BCUT2D eigenvalue weighted by Crippen LogP contribution is -2.03. The summed E-state index contributed by atoms with van der Waals surface area (Å²) in [6, 6.07) is 6.16. The van der Waals surface area contributed by atoms with Gasteiger partial charge >= 0.3 is 0 Å². The van der Waals surface area contributed by atoms with E-state index in [1.165, 1.54) is 0 Å². The van der Waals surface area contributed by atoms with E-state index in [4.69, 9.17) is 5.48 Å². The second kappa shape index (κ2) is 7.92. The number of benzene rings is 2. The fourth-order valence-corrected chi connectivity index (χ4v) is 3.27. The third kappa shape index (κ3) is 3.53. The highest BCUT2D eigenvalue weighted by Crippen LogP contribution is 2.26. The molecule has 4 heteroatoms. The first kappa shape index (κ1) is 12.6. The zero-order chi connectivity index (χ0) is 20.4. The first-order chi connectivity index (χ1) is 13.4. The highest BCUT2D eigenvalue weighted by Gasteiger charge is 2.18. The van der Waals surface area contributed by atoms with Gasteiger partial charge in [0.15, 0.2) is 5.78 Å². The summed E-state index contributed by atoms with van der Waals surface area (Å²) >= 11 is 1.80. The van der Waals surface area contributed by atoms with Gasteiger partial charge in [-0.05, 0) is 60.0 Å². The largest absolute Gasteiger partial charge is 0.347 e. The molecule has 0 saturated heterocycles. The number of hydrogen-bond donors (Lipinski definition) is 0. The zero-order valence-corrected chi connectivity index (χ0v) is 15.2. The van der Waals surface area contributed by atoms with Crippen LogP contribution in [0.5, 0.6) is 0 Å². The predicted octanol–water partition coefficient (Wildman–Crippen LogP) is 5.62. The second-order valence-corrected chi connectivity index (χ2v) is 6.60. The number of aromatic nitrogens is 1. The van der Waals surface area contributed by atoms with Gasteiger partial charge in [-0.25, -0.2) is 0 Å². The maximum Gasteiger partial charge on any atom is 0.196 e. The van der Waals surface area contributed by atoms with Gasteiger partial charge < -0.3 is 4.57 Å². The van der Waals surface area contributed by atoms with E-state index in [2.05, 4.69) is 0 Å². The topological polar surface area (TPSA) is 22.0 Å². The number of ketones is 1. The summed E-state index contributed by atoms with van der Waals surface area (Å²) in [7, 11) is 0. The summed E-state index contributed by atoms with van der Waals surface area (Å²) in [6.07, 6.45) is 3.80. The van der Waals surface area contributed by atoms with Gasteiger partial charge in [-0.2, -0.15) is 0 Å². The number of halogens is 2. The van der Waals surface area contributed by atoms with Crippen LogP contribution in [0, 0.1) is 3.57 Å². The molecule has 2 nitrogen and oxygen atoms in total. The van der Waals surface area contributed by atoms with E-state index in [0.717, 1.165) is 23.7 Å². The summed E-state index contributed by atoms with van der Waals surface area (Å²) in [5, 5.41) is 0.737.